The van der Waals surface area contributed by atoms with Crippen molar-refractivity contribution in [3.8, 4) is 0 Å². The molecule has 1 aromatic heterocycles. The molecule has 1 aliphatic heterocycles. The Labute approximate surface area is 126 Å². The number of carbonyl (C=O) groups is 1. The first-order valence-corrected chi connectivity index (χ1v) is 7.69. The Kier molecular flexibility index (Phi) is 5.76. The van der Waals surface area contributed by atoms with Crippen LogP contribution in [0.1, 0.15) is 24.7 Å². The number of carbonyl (C=O) groups excluding carboxylic acids is 1. The van der Waals surface area contributed by atoms with Crippen molar-refractivity contribution in [2.24, 2.45) is 0 Å². The van der Waals surface area contributed by atoms with Gasteiger partial charge < -0.3 is 15.0 Å². The Hall–Kier alpha value is -1.40. The molecule has 0 aromatic carbocycles. The molecule has 1 N–H and O–H groups in total. The van der Waals surface area contributed by atoms with Crippen molar-refractivity contribution in [3.05, 3.63) is 17.5 Å². The summed E-state index contributed by atoms with van der Waals surface area (Å²) in [6.45, 7) is 10.4. The van der Waals surface area contributed by atoms with Crippen molar-refractivity contribution in [2.75, 3.05) is 32.8 Å². The van der Waals surface area contributed by atoms with Crippen molar-refractivity contribution >= 4 is 5.91 Å². The molecule has 0 spiro atoms. The maximum atomic E-state index is 12.2. The van der Waals surface area contributed by atoms with Crippen molar-refractivity contribution in [1.82, 2.24) is 20.0 Å². The quantitative estimate of drug-likeness (QED) is 0.786. The topological polar surface area (TPSA) is 59.4 Å². The third kappa shape index (κ3) is 4.54. The van der Waals surface area contributed by atoms with Crippen LogP contribution in [0.15, 0.2) is 6.07 Å². The smallest absolute Gasteiger partial charge is 0.239 e. The molecule has 6 heteroatoms. The number of amides is 1. The van der Waals surface area contributed by atoms with Crippen LogP contribution in [0, 0.1) is 13.8 Å². The molecule has 6 nitrogen and oxygen atoms in total. The van der Waals surface area contributed by atoms with Crippen LogP contribution in [0.2, 0.25) is 0 Å². The number of aromatic nitrogens is 2. The molecule has 0 bridgehead atoms. The zero-order valence-corrected chi connectivity index (χ0v) is 13.3. The van der Waals surface area contributed by atoms with E-state index >= 15 is 0 Å². The second kappa shape index (κ2) is 7.56. The fraction of sp³-hybridized carbons (Fsp3) is 0.733. The lowest BCUT2D eigenvalue weighted by molar-refractivity contribution is -0.137. The van der Waals surface area contributed by atoms with E-state index in [-0.39, 0.29) is 11.9 Å². The van der Waals surface area contributed by atoms with Crippen LogP contribution in [-0.2, 0) is 16.1 Å². The van der Waals surface area contributed by atoms with Crippen molar-refractivity contribution in [3.63, 3.8) is 0 Å². The second-order valence-electron chi connectivity index (χ2n) is 5.62. The predicted molar refractivity (Wildman–Crippen MR) is 81.2 cm³/mol. The summed E-state index contributed by atoms with van der Waals surface area (Å²) in [5.41, 5.74) is 2.24. The first-order chi connectivity index (χ1) is 10.1. The summed E-state index contributed by atoms with van der Waals surface area (Å²) in [4.78, 5) is 14.1. The van der Waals surface area contributed by atoms with E-state index in [1.807, 2.05) is 23.4 Å². The molecule has 118 valence electrons. The van der Waals surface area contributed by atoms with Crippen LogP contribution in [0.3, 0.4) is 0 Å². The van der Waals surface area contributed by atoms with Gasteiger partial charge >= 0.3 is 0 Å². The molecule has 2 rings (SSSR count). The minimum absolute atomic E-state index is 0.136. The zero-order valence-electron chi connectivity index (χ0n) is 13.3. The third-order valence-corrected chi connectivity index (χ3v) is 3.79. The highest BCUT2D eigenvalue weighted by Crippen LogP contribution is 2.03. The van der Waals surface area contributed by atoms with Crippen molar-refractivity contribution in [1.29, 1.82) is 0 Å². The molecule has 1 fully saturated rings. The summed E-state index contributed by atoms with van der Waals surface area (Å²) in [7, 11) is 0. The minimum Gasteiger partial charge on any atom is -0.378 e. The Balaban J connectivity index is 1.67. The standard InChI is InChI=1S/C15H26N4O2/c1-12-11-13(2)19(17-12)6-4-5-16-14(3)15(20)18-7-9-21-10-8-18/h11,14,16H,4-10H2,1-3H3. The van der Waals surface area contributed by atoms with Crippen molar-refractivity contribution in [2.45, 2.75) is 39.8 Å². The van der Waals surface area contributed by atoms with Crippen LogP contribution >= 0.6 is 0 Å². The number of ether oxygens (including phenoxy) is 1. The molecule has 1 atom stereocenters. The van der Waals surface area contributed by atoms with Gasteiger partial charge in [-0.05, 0) is 39.8 Å². The Morgan fingerprint density at radius 2 is 2.14 bits per heavy atom. The van der Waals surface area contributed by atoms with Gasteiger partial charge in [-0.25, -0.2) is 0 Å². The zero-order chi connectivity index (χ0) is 15.2. The van der Waals surface area contributed by atoms with Gasteiger partial charge in [0.05, 0.1) is 24.9 Å². The van der Waals surface area contributed by atoms with E-state index in [1.54, 1.807) is 0 Å². The van der Waals surface area contributed by atoms with Crippen LogP contribution in [-0.4, -0.2) is 59.5 Å². The highest BCUT2D eigenvalue weighted by molar-refractivity contribution is 5.81. The summed E-state index contributed by atoms with van der Waals surface area (Å²) < 4.78 is 7.29. The van der Waals surface area contributed by atoms with Gasteiger partial charge in [-0.3, -0.25) is 9.48 Å². The largest absolute Gasteiger partial charge is 0.378 e. The van der Waals surface area contributed by atoms with Gasteiger partial charge in [-0.1, -0.05) is 0 Å². The lowest BCUT2D eigenvalue weighted by Crippen LogP contribution is -2.49. The van der Waals surface area contributed by atoms with Gasteiger partial charge in [0.1, 0.15) is 0 Å². The lowest BCUT2D eigenvalue weighted by Gasteiger charge is -2.29. The Morgan fingerprint density at radius 1 is 1.43 bits per heavy atom. The fourth-order valence-electron chi connectivity index (χ4n) is 2.59. The molecule has 1 saturated heterocycles. The highest BCUT2D eigenvalue weighted by Gasteiger charge is 2.21. The first-order valence-electron chi connectivity index (χ1n) is 7.69. The van der Waals surface area contributed by atoms with Crippen LogP contribution in [0.25, 0.3) is 0 Å². The molecule has 1 aliphatic rings. The monoisotopic (exact) mass is 294 g/mol. The molecule has 1 unspecified atom stereocenters. The van der Waals surface area contributed by atoms with Gasteiger partial charge in [-0.2, -0.15) is 5.10 Å². The van der Waals surface area contributed by atoms with Crippen LogP contribution in [0.5, 0.6) is 0 Å². The summed E-state index contributed by atoms with van der Waals surface area (Å²) in [5.74, 6) is 0.171. The summed E-state index contributed by atoms with van der Waals surface area (Å²) in [6.07, 6.45) is 0.961. The average molecular weight is 294 g/mol. The summed E-state index contributed by atoms with van der Waals surface area (Å²) in [5, 5.41) is 7.74. The average Bonchev–Trinajstić information content (AvgIpc) is 2.81. The lowest BCUT2D eigenvalue weighted by atomic mass is 10.2. The van der Waals surface area contributed by atoms with E-state index in [1.165, 1.54) is 5.69 Å². The predicted octanol–water partition coefficient (Wildman–Crippen LogP) is 0.727. The van der Waals surface area contributed by atoms with Crippen molar-refractivity contribution < 1.29 is 9.53 Å². The van der Waals surface area contributed by atoms with E-state index in [4.69, 9.17) is 4.74 Å². The fourth-order valence-corrected chi connectivity index (χ4v) is 2.59. The molecule has 21 heavy (non-hydrogen) atoms. The number of hydrogen-bond donors (Lipinski definition) is 1. The summed E-state index contributed by atoms with van der Waals surface area (Å²) in [6, 6.07) is 1.95. The van der Waals surface area contributed by atoms with Gasteiger partial charge in [0.15, 0.2) is 0 Å². The Bertz CT molecular complexity index is 466. The van der Waals surface area contributed by atoms with E-state index < -0.39 is 0 Å². The van der Waals surface area contributed by atoms with E-state index in [2.05, 4.69) is 23.4 Å². The second-order valence-corrected chi connectivity index (χ2v) is 5.62. The SMILES string of the molecule is Cc1cc(C)n(CCCNC(C)C(=O)N2CCOCC2)n1. The molecule has 0 aliphatic carbocycles. The van der Waals surface area contributed by atoms with Gasteiger partial charge in [0, 0.05) is 25.3 Å². The number of nitrogens with zero attached hydrogens (tertiary/aromatic N) is 3. The normalized spacial score (nSPS) is 17.0. The number of nitrogens with one attached hydrogen (secondary N) is 1. The van der Waals surface area contributed by atoms with Crippen LogP contribution in [0.4, 0.5) is 0 Å². The Morgan fingerprint density at radius 3 is 2.76 bits per heavy atom. The highest BCUT2D eigenvalue weighted by atomic mass is 16.5. The number of morpholine rings is 1. The minimum atomic E-state index is -0.136. The van der Waals surface area contributed by atoms with Gasteiger partial charge in [-0.15, -0.1) is 0 Å². The van der Waals surface area contributed by atoms with Gasteiger partial charge in [0.2, 0.25) is 5.91 Å². The number of rotatable bonds is 6. The molecule has 0 saturated carbocycles. The molecule has 0 radical (unpaired) electrons. The summed E-state index contributed by atoms with van der Waals surface area (Å²) >= 11 is 0. The number of aryl methyl sites for hydroxylation is 3. The first kappa shape index (κ1) is 16.0. The maximum absolute atomic E-state index is 12.2. The molecular weight excluding hydrogens is 268 g/mol. The van der Waals surface area contributed by atoms with E-state index in [9.17, 15) is 4.79 Å². The maximum Gasteiger partial charge on any atom is 0.239 e. The van der Waals surface area contributed by atoms with E-state index in [0.29, 0.717) is 26.3 Å². The molecule has 1 aromatic rings. The van der Waals surface area contributed by atoms with E-state index in [0.717, 1.165) is 25.2 Å². The number of hydrogen-bond acceptors (Lipinski definition) is 4. The molecule has 2 heterocycles. The molecule has 1 amide bonds. The third-order valence-electron chi connectivity index (χ3n) is 3.79. The molecular formula is C15H26N4O2. The van der Waals surface area contributed by atoms with Crippen LogP contribution < -0.4 is 5.32 Å². The van der Waals surface area contributed by atoms with Gasteiger partial charge in [0.25, 0.3) is 0 Å².